The van der Waals surface area contributed by atoms with Crippen LogP contribution < -0.4 is 10.1 Å². The van der Waals surface area contributed by atoms with E-state index in [9.17, 15) is 4.79 Å². The first-order valence-electron chi connectivity index (χ1n) is 8.32. The monoisotopic (exact) mass is 350 g/mol. The fraction of sp³-hybridized carbons (Fsp3) is 0.500. The summed E-state index contributed by atoms with van der Waals surface area (Å²) in [4.78, 5) is 15.0. The molecule has 0 saturated carbocycles. The van der Waals surface area contributed by atoms with E-state index in [-0.39, 0.29) is 18.3 Å². The van der Waals surface area contributed by atoms with Crippen molar-refractivity contribution in [1.29, 1.82) is 0 Å². The van der Waals surface area contributed by atoms with E-state index < -0.39 is 0 Å². The number of rotatable bonds is 3. The van der Waals surface area contributed by atoms with Crippen molar-refractivity contribution in [3.8, 4) is 5.75 Å². The van der Waals surface area contributed by atoms with Crippen LogP contribution in [0.2, 0.25) is 0 Å². The van der Waals surface area contributed by atoms with Crippen molar-refractivity contribution in [2.45, 2.75) is 37.8 Å². The van der Waals surface area contributed by atoms with Crippen molar-refractivity contribution in [1.82, 2.24) is 10.2 Å². The molecule has 1 N–H and O–H groups in total. The average molecular weight is 351 g/mol. The van der Waals surface area contributed by atoms with Crippen LogP contribution in [0.25, 0.3) is 11.0 Å². The summed E-state index contributed by atoms with van der Waals surface area (Å²) in [5, 5.41) is 4.44. The molecule has 1 aromatic carbocycles. The molecular formula is C18H23ClN2O3. The van der Waals surface area contributed by atoms with E-state index in [1.807, 2.05) is 18.2 Å². The van der Waals surface area contributed by atoms with Crippen molar-refractivity contribution >= 4 is 29.3 Å². The molecule has 2 unspecified atom stereocenters. The third-order valence-corrected chi connectivity index (χ3v) is 5.15. The Morgan fingerprint density at radius 2 is 2.17 bits per heavy atom. The first-order chi connectivity index (χ1) is 11.3. The minimum atomic E-state index is 0. The second-order valence-corrected chi connectivity index (χ2v) is 6.48. The maximum Gasteiger partial charge on any atom is 0.227 e. The molecule has 2 aliphatic rings. The number of halogens is 1. The van der Waals surface area contributed by atoms with Crippen LogP contribution in [-0.4, -0.2) is 43.1 Å². The van der Waals surface area contributed by atoms with Gasteiger partial charge in [0, 0.05) is 35.6 Å². The molecule has 1 amide bonds. The molecule has 0 spiro atoms. The number of hydrogen-bond acceptors (Lipinski definition) is 4. The predicted octanol–water partition coefficient (Wildman–Crippen LogP) is 2.76. The number of amides is 1. The lowest BCUT2D eigenvalue weighted by Crippen LogP contribution is -2.43. The zero-order valence-electron chi connectivity index (χ0n) is 13.8. The van der Waals surface area contributed by atoms with Crippen LogP contribution in [0.15, 0.2) is 28.9 Å². The Balaban J connectivity index is 0.00000169. The molecule has 0 radical (unpaired) electrons. The molecule has 6 heteroatoms. The smallest absolute Gasteiger partial charge is 0.227 e. The molecule has 2 aromatic rings. The van der Waals surface area contributed by atoms with Gasteiger partial charge in [-0.15, -0.1) is 12.4 Å². The summed E-state index contributed by atoms with van der Waals surface area (Å²) >= 11 is 0. The quantitative estimate of drug-likeness (QED) is 0.924. The Bertz CT molecular complexity index is 716. The summed E-state index contributed by atoms with van der Waals surface area (Å²) in [6.07, 6.45) is 5.44. The largest absolute Gasteiger partial charge is 0.497 e. The number of furan rings is 1. The van der Waals surface area contributed by atoms with Gasteiger partial charge in [-0.3, -0.25) is 4.79 Å². The molecule has 1 aromatic heterocycles. The van der Waals surface area contributed by atoms with Gasteiger partial charge in [0.15, 0.2) is 0 Å². The number of nitrogens with zero attached hydrogens (tertiary/aromatic N) is 1. The highest BCUT2D eigenvalue weighted by Gasteiger charge is 2.37. The number of benzene rings is 1. The summed E-state index contributed by atoms with van der Waals surface area (Å²) < 4.78 is 10.8. The summed E-state index contributed by atoms with van der Waals surface area (Å²) in [7, 11) is 1.64. The lowest BCUT2D eigenvalue weighted by atomic mass is 10.1. The summed E-state index contributed by atoms with van der Waals surface area (Å²) in [6, 6.07) is 6.50. The first kappa shape index (κ1) is 17.1. The average Bonchev–Trinajstić information content (AvgIpc) is 3.06. The highest BCUT2D eigenvalue weighted by molar-refractivity contribution is 5.88. The van der Waals surface area contributed by atoms with Gasteiger partial charge in [0.25, 0.3) is 0 Å². The van der Waals surface area contributed by atoms with Crippen molar-refractivity contribution in [2.75, 3.05) is 20.2 Å². The molecule has 5 nitrogen and oxygen atoms in total. The maximum absolute atomic E-state index is 12.9. The van der Waals surface area contributed by atoms with Crippen LogP contribution in [0.5, 0.6) is 5.75 Å². The van der Waals surface area contributed by atoms with Gasteiger partial charge in [0.05, 0.1) is 19.8 Å². The van der Waals surface area contributed by atoms with E-state index in [0.717, 1.165) is 54.6 Å². The molecule has 2 aliphatic heterocycles. The summed E-state index contributed by atoms with van der Waals surface area (Å²) in [5.41, 5.74) is 1.73. The molecule has 2 fully saturated rings. The normalized spacial score (nSPS) is 23.0. The van der Waals surface area contributed by atoms with E-state index >= 15 is 0 Å². The summed E-state index contributed by atoms with van der Waals surface area (Å²) in [6.45, 7) is 1.94. The number of ether oxygens (including phenoxy) is 1. The molecule has 2 atom stereocenters. The second kappa shape index (κ2) is 7.03. The highest BCUT2D eigenvalue weighted by Crippen LogP contribution is 2.30. The Kier molecular flexibility index (Phi) is 5.01. The zero-order chi connectivity index (χ0) is 15.8. The van der Waals surface area contributed by atoms with E-state index in [1.165, 1.54) is 0 Å². The van der Waals surface area contributed by atoms with Gasteiger partial charge in [-0.05, 0) is 37.9 Å². The minimum absolute atomic E-state index is 0. The van der Waals surface area contributed by atoms with Gasteiger partial charge in [0.2, 0.25) is 5.91 Å². The third-order valence-electron chi connectivity index (χ3n) is 5.15. The number of fused-ring (bicyclic) bond motifs is 3. The second-order valence-electron chi connectivity index (χ2n) is 6.48. The number of hydrogen-bond donors (Lipinski definition) is 1. The van der Waals surface area contributed by atoms with Crippen LogP contribution in [-0.2, 0) is 11.2 Å². The molecular weight excluding hydrogens is 328 g/mol. The Hall–Kier alpha value is -1.72. The molecule has 24 heavy (non-hydrogen) atoms. The van der Waals surface area contributed by atoms with E-state index in [4.69, 9.17) is 9.15 Å². The predicted molar refractivity (Wildman–Crippen MR) is 94.9 cm³/mol. The van der Waals surface area contributed by atoms with Crippen molar-refractivity contribution in [3.05, 3.63) is 30.0 Å². The lowest BCUT2D eigenvalue weighted by molar-refractivity contribution is -0.133. The van der Waals surface area contributed by atoms with E-state index in [2.05, 4.69) is 10.2 Å². The van der Waals surface area contributed by atoms with Crippen molar-refractivity contribution < 1.29 is 13.9 Å². The number of methoxy groups -OCH3 is 1. The van der Waals surface area contributed by atoms with Gasteiger partial charge in [-0.2, -0.15) is 0 Å². The standard InChI is InChI=1S/C18H22N2O3.ClH/c1-22-15-4-5-16-12(11-23-17(16)9-15)8-18(21)20-13-2-3-14(20)10-19-7-6-13;/h4-5,9,11,13-14,19H,2-3,6-8,10H2,1H3;1H. The third kappa shape index (κ3) is 2.98. The molecule has 4 rings (SSSR count). The van der Waals surface area contributed by atoms with Crippen LogP contribution in [0.3, 0.4) is 0 Å². The fourth-order valence-corrected chi connectivity index (χ4v) is 3.97. The molecule has 2 saturated heterocycles. The van der Waals surface area contributed by atoms with Gasteiger partial charge in [-0.1, -0.05) is 0 Å². The van der Waals surface area contributed by atoms with Crippen LogP contribution in [0.4, 0.5) is 0 Å². The molecule has 0 aliphatic carbocycles. The van der Waals surface area contributed by atoms with Crippen LogP contribution >= 0.6 is 12.4 Å². The molecule has 2 bridgehead atoms. The number of carbonyl (C=O) groups is 1. The van der Waals surface area contributed by atoms with E-state index in [0.29, 0.717) is 18.5 Å². The summed E-state index contributed by atoms with van der Waals surface area (Å²) in [5.74, 6) is 0.987. The zero-order valence-corrected chi connectivity index (χ0v) is 14.6. The van der Waals surface area contributed by atoms with Gasteiger partial charge in [-0.25, -0.2) is 0 Å². The Morgan fingerprint density at radius 3 is 3.00 bits per heavy atom. The Morgan fingerprint density at radius 1 is 1.33 bits per heavy atom. The fourth-order valence-electron chi connectivity index (χ4n) is 3.97. The lowest BCUT2D eigenvalue weighted by Gasteiger charge is -2.27. The first-order valence-corrected chi connectivity index (χ1v) is 8.32. The highest BCUT2D eigenvalue weighted by atomic mass is 35.5. The van der Waals surface area contributed by atoms with Crippen molar-refractivity contribution in [2.24, 2.45) is 0 Å². The number of nitrogens with one attached hydrogen (secondary N) is 1. The van der Waals surface area contributed by atoms with Gasteiger partial charge >= 0.3 is 0 Å². The van der Waals surface area contributed by atoms with Crippen LogP contribution in [0.1, 0.15) is 24.8 Å². The van der Waals surface area contributed by atoms with Gasteiger partial charge < -0.3 is 19.4 Å². The van der Waals surface area contributed by atoms with Crippen molar-refractivity contribution in [3.63, 3.8) is 0 Å². The SMILES string of the molecule is COc1ccc2c(CC(=O)N3C4CCNCC3CC4)coc2c1.Cl. The van der Waals surface area contributed by atoms with E-state index in [1.54, 1.807) is 13.4 Å². The topological polar surface area (TPSA) is 54.7 Å². The minimum Gasteiger partial charge on any atom is -0.497 e. The van der Waals surface area contributed by atoms with Crippen LogP contribution in [0, 0.1) is 0 Å². The maximum atomic E-state index is 12.9. The molecule has 130 valence electrons. The Labute approximate surface area is 147 Å². The number of carbonyl (C=O) groups excluding carboxylic acids is 1. The van der Waals surface area contributed by atoms with Gasteiger partial charge in [0.1, 0.15) is 11.3 Å². The molecule has 3 heterocycles.